The summed E-state index contributed by atoms with van der Waals surface area (Å²) in [7, 11) is 1.67. The van der Waals surface area contributed by atoms with E-state index in [1.54, 1.807) is 7.11 Å². The molecule has 0 spiro atoms. The standard InChI is InChI=1S/C11H22O5/c1-4-10(14-3)8-16-9(2)6-5-7-15-11(12)13/h9-10H,4-8H2,1-3H3,(H,12,13). The van der Waals surface area contributed by atoms with Gasteiger partial charge < -0.3 is 19.3 Å². The molecule has 2 atom stereocenters. The van der Waals surface area contributed by atoms with E-state index in [0.29, 0.717) is 13.0 Å². The Labute approximate surface area is 96.7 Å². The molecule has 0 radical (unpaired) electrons. The summed E-state index contributed by atoms with van der Waals surface area (Å²) in [5.74, 6) is 0. The van der Waals surface area contributed by atoms with E-state index in [9.17, 15) is 4.79 Å². The van der Waals surface area contributed by atoms with E-state index in [4.69, 9.17) is 14.6 Å². The minimum atomic E-state index is -1.22. The summed E-state index contributed by atoms with van der Waals surface area (Å²) in [4.78, 5) is 10.1. The maximum atomic E-state index is 10.1. The molecule has 0 aromatic carbocycles. The van der Waals surface area contributed by atoms with Crippen LogP contribution in [0.1, 0.15) is 33.1 Å². The third-order valence-corrected chi connectivity index (χ3v) is 2.34. The van der Waals surface area contributed by atoms with Gasteiger partial charge in [-0.25, -0.2) is 4.79 Å². The largest absolute Gasteiger partial charge is 0.505 e. The molecule has 0 aliphatic heterocycles. The van der Waals surface area contributed by atoms with Gasteiger partial charge in [0, 0.05) is 7.11 Å². The molecule has 2 unspecified atom stereocenters. The van der Waals surface area contributed by atoms with Crippen LogP contribution in [0.4, 0.5) is 4.79 Å². The maximum absolute atomic E-state index is 10.1. The Morgan fingerprint density at radius 3 is 2.62 bits per heavy atom. The third kappa shape index (κ3) is 8.49. The first-order valence-electron chi connectivity index (χ1n) is 5.60. The molecule has 5 heteroatoms. The van der Waals surface area contributed by atoms with Gasteiger partial charge in [-0.2, -0.15) is 0 Å². The van der Waals surface area contributed by atoms with Crippen molar-refractivity contribution >= 4 is 6.16 Å². The average Bonchev–Trinajstić information content (AvgIpc) is 2.25. The first kappa shape index (κ1) is 15.2. The highest BCUT2D eigenvalue weighted by molar-refractivity contribution is 5.56. The van der Waals surface area contributed by atoms with Crippen molar-refractivity contribution in [3.63, 3.8) is 0 Å². The number of carbonyl (C=O) groups is 1. The second-order valence-electron chi connectivity index (χ2n) is 3.67. The molecule has 0 fully saturated rings. The summed E-state index contributed by atoms with van der Waals surface area (Å²) < 4.78 is 15.1. The molecule has 0 aliphatic carbocycles. The summed E-state index contributed by atoms with van der Waals surface area (Å²) in [5.41, 5.74) is 0. The molecule has 1 N–H and O–H groups in total. The molecular weight excluding hydrogens is 212 g/mol. The minimum Gasteiger partial charge on any atom is -0.450 e. The highest BCUT2D eigenvalue weighted by Gasteiger charge is 2.08. The third-order valence-electron chi connectivity index (χ3n) is 2.34. The minimum absolute atomic E-state index is 0.0987. The van der Waals surface area contributed by atoms with E-state index in [1.165, 1.54) is 0 Å². The van der Waals surface area contributed by atoms with Gasteiger partial charge in [0.1, 0.15) is 0 Å². The van der Waals surface area contributed by atoms with Crippen LogP contribution in [0.5, 0.6) is 0 Å². The molecule has 0 saturated carbocycles. The first-order chi connectivity index (χ1) is 7.60. The van der Waals surface area contributed by atoms with Crippen LogP contribution in [0.3, 0.4) is 0 Å². The molecule has 0 aromatic rings. The average molecular weight is 234 g/mol. The number of hydrogen-bond donors (Lipinski definition) is 1. The monoisotopic (exact) mass is 234 g/mol. The molecule has 0 aromatic heterocycles. The lowest BCUT2D eigenvalue weighted by Gasteiger charge is -2.17. The zero-order valence-corrected chi connectivity index (χ0v) is 10.3. The lowest BCUT2D eigenvalue weighted by Crippen LogP contribution is -2.21. The van der Waals surface area contributed by atoms with Gasteiger partial charge in [-0.1, -0.05) is 6.92 Å². The van der Waals surface area contributed by atoms with E-state index < -0.39 is 6.16 Å². The Balaban J connectivity index is 3.43. The van der Waals surface area contributed by atoms with Gasteiger partial charge in [-0.15, -0.1) is 0 Å². The van der Waals surface area contributed by atoms with E-state index in [2.05, 4.69) is 4.74 Å². The molecule has 0 saturated heterocycles. The number of methoxy groups -OCH3 is 1. The van der Waals surface area contributed by atoms with Crippen molar-refractivity contribution in [2.45, 2.75) is 45.3 Å². The second-order valence-corrected chi connectivity index (χ2v) is 3.67. The van der Waals surface area contributed by atoms with Gasteiger partial charge in [-0.3, -0.25) is 0 Å². The van der Waals surface area contributed by atoms with Crippen LogP contribution >= 0.6 is 0 Å². The van der Waals surface area contributed by atoms with E-state index >= 15 is 0 Å². The number of ether oxygens (including phenoxy) is 3. The van der Waals surface area contributed by atoms with E-state index in [1.807, 2.05) is 13.8 Å². The van der Waals surface area contributed by atoms with Gasteiger partial charge in [0.25, 0.3) is 0 Å². The van der Waals surface area contributed by atoms with Gasteiger partial charge in [0.05, 0.1) is 25.4 Å². The molecule has 0 rings (SSSR count). The van der Waals surface area contributed by atoms with Crippen LogP contribution < -0.4 is 0 Å². The van der Waals surface area contributed by atoms with Crippen molar-refractivity contribution in [1.82, 2.24) is 0 Å². The van der Waals surface area contributed by atoms with Crippen molar-refractivity contribution in [2.75, 3.05) is 20.3 Å². The molecule has 0 aliphatic rings. The van der Waals surface area contributed by atoms with E-state index in [-0.39, 0.29) is 18.8 Å². The molecule has 0 amide bonds. The Kier molecular flexibility index (Phi) is 8.94. The highest BCUT2D eigenvalue weighted by atomic mass is 16.7. The summed E-state index contributed by atoms with van der Waals surface area (Å²) in [6.45, 7) is 4.81. The fourth-order valence-corrected chi connectivity index (χ4v) is 1.24. The summed E-state index contributed by atoms with van der Waals surface area (Å²) in [6, 6.07) is 0. The fourth-order valence-electron chi connectivity index (χ4n) is 1.24. The van der Waals surface area contributed by atoms with E-state index in [0.717, 1.165) is 12.8 Å². The van der Waals surface area contributed by atoms with Crippen molar-refractivity contribution < 1.29 is 24.1 Å². The van der Waals surface area contributed by atoms with Gasteiger partial charge in [0.2, 0.25) is 0 Å². The summed E-state index contributed by atoms with van der Waals surface area (Å²) >= 11 is 0. The molecule has 96 valence electrons. The van der Waals surface area contributed by atoms with Crippen LogP contribution in [0.2, 0.25) is 0 Å². The predicted octanol–water partition coefficient (Wildman–Crippen LogP) is 2.29. The van der Waals surface area contributed by atoms with Crippen LogP contribution in [0.25, 0.3) is 0 Å². The lowest BCUT2D eigenvalue weighted by molar-refractivity contribution is -0.0266. The highest BCUT2D eigenvalue weighted by Crippen LogP contribution is 2.05. The van der Waals surface area contributed by atoms with Crippen LogP contribution in [-0.2, 0) is 14.2 Å². The zero-order chi connectivity index (χ0) is 12.4. The van der Waals surface area contributed by atoms with Gasteiger partial charge in [0.15, 0.2) is 0 Å². The SMILES string of the molecule is CCC(COC(C)CCCOC(=O)O)OC. The van der Waals surface area contributed by atoms with Crippen molar-refractivity contribution in [3.8, 4) is 0 Å². The lowest BCUT2D eigenvalue weighted by atomic mass is 10.2. The van der Waals surface area contributed by atoms with Crippen LogP contribution in [-0.4, -0.2) is 43.8 Å². The van der Waals surface area contributed by atoms with Crippen LogP contribution in [0.15, 0.2) is 0 Å². The Morgan fingerprint density at radius 2 is 2.12 bits per heavy atom. The Bertz CT molecular complexity index is 179. The smallest absolute Gasteiger partial charge is 0.450 e. The molecule has 0 bridgehead atoms. The number of rotatable bonds is 9. The summed E-state index contributed by atoms with van der Waals surface area (Å²) in [5, 5.41) is 8.25. The maximum Gasteiger partial charge on any atom is 0.505 e. The Hall–Kier alpha value is -0.810. The second kappa shape index (κ2) is 9.42. The van der Waals surface area contributed by atoms with Gasteiger partial charge >= 0.3 is 6.16 Å². The Morgan fingerprint density at radius 1 is 1.44 bits per heavy atom. The van der Waals surface area contributed by atoms with Crippen molar-refractivity contribution in [1.29, 1.82) is 0 Å². The number of carboxylic acid groups (broad SMARTS) is 1. The topological polar surface area (TPSA) is 65.0 Å². The van der Waals surface area contributed by atoms with Crippen molar-refractivity contribution in [2.24, 2.45) is 0 Å². The molecule has 0 heterocycles. The quantitative estimate of drug-likeness (QED) is 0.490. The normalized spacial score (nSPS) is 14.4. The predicted molar refractivity (Wildman–Crippen MR) is 59.7 cm³/mol. The van der Waals surface area contributed by atoms with Crippen molar-refractivity contribution in [3.05, 3.63) is 0 Å². The molecular formula is C11H22O5. The molecule has 16 heavy (non-hydrogen) atoms. The summed E-state index contributed by atoms with van der Waals surface area (Å²) in [6.07, 6.45) is 1.40. The van der Waals surface area contributed by atoms with Gasteiger partial charge in [-0.05, 0) is 26.2 Å². The number of hydrogen-bond acceptors (Lipinski definition) is 4. The first-order valence-corrected chi connectivity index (χ1v) is 5.60. The van der Waals surface area contributed by atoms with Crippen LogP contribution in [0, 0.1) is 0 Å². The zero-order valence-electron chi connectivity index (χ0n) is 10.3. The molecule has 5 nitrogen and oxygen atoms in total. The fraction of sp³-hybridized carbons (Fsp3) is 0.909.